The van der Waals surface area contributed by atoms with Crippen molar-refractivity contribution in [2.24, 2.45) is 0 Å². The highest BCUT2D eigenvalue weighted by Gasteiger charge is 2.54. The molecule has 0 bridgehead atoms. The van der Waals surface area contributed by atoms with E-state index in [4.69, 9.17) is 13.7 Å². The Morgan fingerprint density at radius 2 is 1.30 bits per heavy atom. The van der Waals surface area contributed by atoms with E-state index in [9.17, 15) is 0 Å². The van der Waals surface area contributed by atoms with Gasteiger partial charge in [0.1, 0.15) is 0 Å². The number of allylic oxidation sites excluding steroid dienone is 1. The van der Waals surface area contributed by atoms with E-state index in [1.54, 1.807) is 0 Å². The summed E-state index contributed by atoms with van der Waals surface area (Å²) in [7, 11) is -4.30. The van der Waals surface area contributed by atoms with Crippen molar-refractivity contribution >= 4 is 33.9 Å². The van der Waals surface area contributed by atoms with Crippen molar-refractivity contribution in [2.75, 3.05) is 6.61 Å². The molecule has 6 heteroatoms. The van der Waals surface area contributed by atoms with Gasteiger partial charge < -0.3 is 13.7 Å². The van der Waals surface area contributed by atoms with Crippen molar-refractivity contribution in [3.63, 3.8) is 0 Å². The number of hydrogen-bond donors (Lipinski definition) is 0. The first kappa shape index (κ1) is 26.2. The monoisotopic (exact) mass is 480 g/mol. The second kappa shape index (κ2) is 9.67. The summed E-state index contributed by atoms with van der Waals surface area (Å²) in [6.07, 6.45) is 0.917. The van der Waals surface area contributed by atoms with Gasteiger partial charge in [-0.25, -0.2) is 0 Å². The molecule has 178 valence electrons. The lowest BCUT2D eigenvalue weighted by Crippen LogP contribution is -2.50. The Balaban J connectivity index is 1.83. The van der Waals surface area contributed by atoms with E-state index in [-0.39, 0.29) is 16.7 Å². The molecule has 1 aliphatic rings. The molecule has 0 aromatic heterocycles. The van der Waals surface area contributed by atoms with E-state index in [1.807, 2.05) is 0 Å². The number of hydrogen-bond acceptors (Lipinski definition) is 3. The Labute approximate surface area is 203 Å². The highest BCUT2D eigenvalue weighted by atomic mass is 28.4. The second-order valence-electron chi connectivity index (χ2n) is 11.3. The van der Waals surface area contributed by atoms with Gasteiger partial charge in [-0.2, -0.15) is 0 Å². The third-order valence-corrected chi connectivity index (χ3v) is 14.6. The van der Waals surface area contributed by atoms with Crippen molar-refractivity contribution in [3.05, 3.63) is 72.7 Å². The van der Waals surface area contributed by atoms with Crippen LogP contribution in [0.1, 0.15) is 34.1 Å². The largest absolute Gasteiger partial charge is 0.489 e. The third-order valence-electron chi connectivity index (χ3n) is 7.73. The fraction of sp³-hybridized carbons (Fsp3) is 0.481. The van der Waals surface area contributed by atoms with Crippen LogP contribution in [-0.4, -0.2) is 41.3 Å². The fourth-order valence-corrected chi connectivity index (χ4v) is 9.74. The van der Waals surface area contributed by atoms with E-state index in [0.717, 1.165) is 11.9 Å². The van der Waals surface area contributed by atoms with Crippen LogP contribution in [0, 0.1) is 0 Å². The van der Waals surface area contributed by atoms with Crippen LogP contribution in [0.5, 0.6) is 0 Å². The highest BCUT2D eigenvalue weighted by molar-refractivity contribution is 6.92. The van der Waals surface area contributed by atoms with Gasteiger partial charge in [0.2, 0.25) is 8.32 Å². The van der Waals surface area contributed by atoms with E-state index in [0.29, 0.717) is 6.61 Å². The first-order valence-electron chi connectivity index (χ1n) is 12.1. The molecule has 1 atom stereocenters. The van der Waals surface area contributed by atoms with Gasteiger partial charge in [0, 0.05) is 6.61 Å². The molecular formula is C27H41BO3Si2. The van der Waals surface area contributed by atoms with Crippen LogP contribution in [-0.2, 0) is 13.7 Å². The van der Waals surface area contributed by atoms with Crippen LogP contribution in [0.2, 0.25) is 31.7 Å². The molecule has 2 aromatic rings. The molecule has 0 radical (unpaired) electrons. The van der Waals surface area contributed by atoms with Crippen LogP contribution < -0.4 is 10.4 Å². The predicted octanol–water partition coefficient (Wildman–Crippen LogP) is 5.68. The summed E-state index contributed by atoms with van der Waals surface area (Å²) in [5.74, 6) is 0. The van der Waals surface area contributed by atoms with Gasteiger partial charge in [-0.05, 0) is 63.4 Å². The lowest BCUT2D eigenvalue weighted by Gasteiger charge is -2.36. The average molecular weight is 481 g/mol. The fourth-order valence-electron chi connectivity index (χ4n) is 4.59. The molecule has 1 heterocycles. The summed E-state index contributed by atoms with van der Waals surface area (Å²) >= 11 is 0. The summed E-state index contributed by atoms with van der Waals surface area (Å²) in [4.78, 5) is 0. The average Bonchev–Trinajstić information content (AvgIpc) is 2.99. The molecule has 0 unspecified atom stereocenters. The molecule has 0 N–H and O–H groups in total. The molecule has 0 aliphatic carbocycles. The summed E-state index contributed by atoms with van der Waals surface area (Å²) in [6.45, 7) is 23.1. The molecule has 0 spiro atoms. The molecule has 1 fully saturated rings. The topological polar surface area (TPSA) is 27.7 Å². The summed E-state index contributed by atoms with van der Waals surface area (Å²) < 4.78 is 19.5. The first-order valence-corrected chi connectivity index (χ1v) is 18.1. The lowest BCUT2D eigenvalue weighted by molar-refractivity contribution is 0.00578. The Bertz CT molecular complexity index is 926. The third kappa shape index (κ3) is 5.63. The van der Waals surface area contributed by atoms with Gasteiger partial charge in [0.05, 0.1) is 19.3 Å². The maximum absolute atomic E-state index is 6.61. The van der Waals surface area contributed by atoms with E-state index in [2.05, 4.69) is 121 Å². The van der Waals surface area contributed by atoms with Crippen LogP contribution in [0.3, 0.4) is 0 Å². The van der Waals surface area contributed by atoms with Crippen LogP contribution in [0.15, 0.2) is 72.7 Å². The SMILES string of the molecule is C=C(B1OC(C)(C)C(C)(C)O1)[C@H](CCO[Si](C)(C)c1ccccc1)[Si](C)(C)c1ccccc1. The Hall–Kier alpha value is -1.44. The van der Waals surface area contributed by atoms with Crippen molar-refractivity contribution < 1.29 is 13.7 Å². The Morgan fingerprint density at radius 1 is 0.848 bits per heavy atom. The van der Waals surface area contributed by atoms with Crippen molar-refractivity contribution in [1.29, 1.82) is 0 Å². The zero-order valence-electron chi connectivity index (χ0n) is 21.8. The molecule has 33 heavy (non-hydrogen) atoms. The zero-order chi connectivity index (χ0) is 24.5. The molecule has 3 rings (SSSR count). The van der Waals surface area contributed by atoms with E-state index >= 15 is 0 Å². The van der Waals surface area contributed by atoms with Gasteiger partial charge in [0.25, 0.3) is 0 Å². The molecular weight excluding hydrogens is 439 g/mol. The minimum absolute atomic E-state index is 0.273. The van der Waals surface area contributed by atoms with Gasteiger partial charge in [-0.3, -0.25) is 0 Å². The minimum atomic E-state index is -1.97. The molecule has 2 aromatic carbocycles. The minimum Gasteiger partial charge on any atom is -0.413 e. The van der Waals surface area contributed by atoms with Crippen LogP contribution >= 0.6 is 0 Å². The number of benzene rings is 2. The zero-order valence-corrected chi connectivity index (χ0v) is 23.8. The van der Waals surface area contributed by atoms with Gasteiger partial charge >= 0.3 is 7.12 Å². The molecule has 1 aliphatic heterocycles. The molecule has 0 saturated carbocycles. The Kier molecular flexibility index (Phi) is 7.66. The highest BCUT2D eigenvalue weighted by Crippen LogP contribution is 2.43. The van der Waals surface area contributed by atoms with Gasteiger partial charge in [0.15, 0.2) is 0 Å². The smallest absolute Gasteiger partial charge is 0.413 e. The Morgan fingerprint density at radius 3 is 1.79 bits per heavy atom. The van der Waals surface area contributed by atoms with Gasteiger partial charge in [-0.1, -0.05) is 78.9 Å². The maximum Gasteiger partial charge on any atom is 0.489 e. The summed E-state index contributed by atoms with van der Waals surface area (Å²) in [5, 5.41) is 2.75. The van der Waals surface area contributed by atoms with Crippen molar-refractivity contribution in [2.45, 2.75) is 77.0 Å². The summed E-state index contributed by atoms with van der Waals surface area (Å²) in [6, 6.07) is 21.5. The van der Waals surface area contributed by atoms with Crippen molar-refractivity contribution in [3.8, 4) is 0 Å². The summed E-state index contributed by atoms with van der Waals surface area (Å²) in [5.41, 5.74) is 0.581. The quantitative estimate of drug-likeness (QED) is 0.432. The van der Waals surface area contributed by atoms with Crippen LogP contribution in [0.25, 0.3) is 0 Å². The standard InChI is InChI=1S/C27H41BO3Si2/c1-22(28-30-26(2,3)27(4,5)31-28)25(32(6,7)23-16-12-10-13-17-23)20-21-29-33(8,9)24-18-14-11-15-19-24/h10-19,25H,1,20-21H2,2-9H3/t25-/m0/s1. The van der Waals surface area contributed by atoms with Crippen molar-refractivity contribution in [1.82, 2.24) is 0 Å². The second-order valence-corrected chi connectivity index (χ2v) is 19.9. The number of rotatable bonds is 9. The normalized spacial score (nSPS) is 18.8. The van der Waals surface area contributed by atoms with E-state index < -0.39 is 23.5 Å². The van der Waals surface area contributed by atoms with Gasteiger partial charge in [-0.15, -0.1) is 6.58 Å². The van der Waals surface area contributed by atoms with E-state index in [1.165, 1.54) is 10.4 Å². The first-order chi connectivity index (χ1) is 15.3. The lowest BCUT2D eigenvalue weighted by atomic mass is 9.76. The molecule has 1 saturated heterocycles. The maximum atomic E-state index is 6.61. The molecule has 0 amide bonds. The van der Waals surface area contributed by atoms with Crippen LogP contribution in [0.4, 0.5) is 0 Å². The predicted molar refractivity (Wildman–Crippen MR) is 147 cm³/mol. The molecule has 3 nitrogen and oxygen atoms in total.